The number of nitrogens with zero attached hydrogens (tertiary/aromatic N) is 1. The van der Waals surface area contributed by atoms with Gasteiger partial charge in [0.2, 0.25) is 0 Å². The van der Waals surface area contributed by atoms with E-state index in [1.165, 1.54) is 5.56 Å². The van der Waals surface area contributed by atoms with Gasteiger partial charge in [0.05, 0.1) is 0 Å². The number of benzene rings is 2. The van der Waals surface area contributed by atoms with Crippen molar-refractivity contribution in [1.29, 1.82) is 0 Å². The van der Waals surface area contributed by atoms with Crippen LogP contribution in [-0.4, -0.2) is 29.9 Å². The molecule has 1 atom stereocenters. The van der Waals surface area contributed by atoms with Gasteiger partial charge in [0, 0.05) is 35.7 Å². The van der Waals surface area contributed by atoms with Crippen LogP contribution in [0.4, 0.5) is 0 Å². The Morgan fingerprint density at radius 3 is 2.59 bits per heavy atom. The van der Waals surface area contributed by atoms with Crippen LogP contribution in [0.2, 0.25) is 0 Å². The Hall–Kier alpha value is -1.65. The van der Waals surface area contributed by atoms with Crippen LogP contribution in [0.25, 0.3) is 0 Å². The number of hydrogen-bond donors (Lipinski definition) is 1. The molecule has 1 heterocycles. The van der Waals surface area contributed by atoms with Crippen LogP contribution < -0.4 is 5.32 Å². The Balaban J connectivity index is 1.52. The van der Waals surface area contributed by atoms with Crippen molar-refractivity contribution < 1.29 is 4.79 Å². The SMILES string of the molecule is O=C(NC1CCN(Cc2ccccc2)C1)c1ccc(Br)cc1. The number of carbonyl (C=O) groups excluding carboxylic acids is 1. The van der Waals surface area contributed by atoms with Crippen molar-refractivity contribution in [2.75, 3.05) is 13.1 Å². The van der Waals surface area contributed by atoms with Gasteiger partial charge in [0.25, 0.3) is 5.91 Å². The largest absolute Gasteiger partial charge is 0.348 e. The Morgan fingerprint density at radius 1 is 1.14 bits per heavy atom. The molecule has 1 fully saturated rings. The number of likely N-dealkylation sites (tertiary alicyclic amines) is 1. The molecule has 3 nitrogen and oxygen atoms in total. The van der Waals surface area contributed by atoms with Crippen molar-refractivity contribution in [2.45, 2.75) is 19.0 Å². The molecule has 0 bridgehead atoms. The smallest absolute Gasteiger partial charge is 0.251 e. The van der Waals surface area contributed by atoms with E-state index in [4.69, 9.17) is 0 Å². The highest BCUT2D eigenvalue weighted by Crippen LogP contribution is 2.15. The van der Waals surface area contributed by atoms with Crippen molar-refractivity contribution in [3.05, 3.63) is 70.2 Å². The number of hydrogen-bond acceptors (Lipinski definition) is 2. The molecule has 114 valence electrons. The monoisotopic (exact) mass is 358 g/mol. The quantitative estimate of drug-likeness (QED) is 0.907. The molecule has 0 aliphatic carbocycles. The Morgan fingerprint density at radius 2 is 1.86 bits per heavy atom. The number of rotatable bonds is 4. The molecule has 4 heteroatoms. The van der Waals surface area contributed by atoms with E-state index in [9.17, 15) is 4.79 Å². The average Bonchev–Trinajstić information content (AvgIpc) is 2.96. The van der Waals surface area contributed by atoms with Gasteiger partial charge in [-0.2, -0.15) is 0 Å². The fourth-order valence-corrected chi connectivity index (χ4v) is 3.07. The third-order valence-electron chi connectivity index (χ3n) is 3.96. The Bertz CT molecular complexity index is 627. The lowest BCUT2D eigenvalue weighted by Gasteiger charge is -2.17. The van der Waals surface area contributed by atoms with Gasteiger partial charge in [-0.1, -0.05) is 46.3 Å². The number of carbonyl (C=O) groups is 1. The highest BCUT2D eigenvalue weighted by Gasteiger charge is 2.24. The van der Waals surface area contributed by atoms with Gasteiger partial charge in [-0.25, -0.2) is 0 Å². The van der Waals surface area contributed by atoms with Crippen molar-refractivity contribution in [2.24, 2.45) is 0 Å². The lowest BCUT2D eigenvalue weighted by atomic mass is 10.2. The van der Waals surface area contributed by atoms with Crippen LogP contribution in [0, 0.1) is 0 Å². The van der Waals surface area contributed by atoms with Gasteiger partial charge in [-0.15, -0.1) is 0 Å². The standard InChI is InChI=1S/C18H19BrN2O/c19-16-8-6-15(7-9-16)18(22)20-17-10-11-21(13-17)12-14-4-2-1-3-5-14/h1-9,17H,10-13H2,(H,20,22). The molecule has 2 aromatic carbocycles. The van der Waals surface area contributed by atoms with Gasteiger partial charge in [-0.05, 0) is 36.2 Å². The van der Waals surface area contributed by atoms with E-state index in [0.29, 0.717) is 5.56 Å². The van der Waals surface area contributed by atoms with Crippen LogP contribution in [0.1, 0.15) is 22.3 Å². The van der Waals surface area contributed by atoms with E-state index >= 15 is 0 Å². The minimum Gasteiger partial charge on any atom is -0.348 e. The van der Waals surface area contributed by atoms with Crippen molar-refractivity contribution in [3.63, 3.8) is 0 Å². The molecule has 22 heavy (non-hydrogen) atoms. The highest BCUT2D eigenvalue weighted by atomic mass is 79.9. The highest BCUT2D eigenvalue weighted by molar-refractivity contribution is 9.10. The molecule has 1 unspecified atom stereocenters. The molecule has 2 aromatic rings. The fraction of sp³-hybridized carbons (Fsp3) is 0.278. The van der Waals surface area contributed by atoms with Crippen molar-refractivity contribution >= 4 is 21.8 Å². The summed E-state index contributed by atoms with van der Waals surface area (Å²) in [5.74, 6) is 0.0130. The second kappa shape index (κ2) is 7.07. The first-order valence-electron chi connectivity index (χ1n) is 7.53. The molecule has 0 saturated carbocycles. The van der Waals surface area contributed by atoms with Crippen LogP contribution >= 0.6 is 15.9 Å². The van der Waals surface area contributed by atoms with Crippen LogP contribution in [0.3, 0.4) is 0 Å². The minimum atomic E-state index is 0.0130. The summed E-state index contributed by atoms with van der Waals surface area (Å²) in [5.41, 5.74) is 2.03. The topological polar surface area (TPSA) is 32.3 Å². The molecule has 0 spiro atoms. The number of nitrogens with one attached hydrogen (secondary N) is 1. The summed E-state index contributed by atoms with van der Waals surface area (Å²) < 4.78 is 0.985. The van der Waals surface area contributed by atoms with Gasteiger partial charge in [0.1, 0.15) is 0 Å². The molecule has 3 rings (SSSR count). The molecular weight excluding hydrogens is 340 g/mol. The van der Waals surface area contributed by atoms with Crippen molar-refractivity contribution in [1.82, 2.24) is 10.2 Å². The zero-order chi connectivity index (χ0) is 15.4. The number of halogens is 1. The summed E-state index contributed by atoms with van der Waals surface area (Å²) in [5, 5.41) is 3.13. The van der Waals surface area contributed by atoms with Crippen LogP contribution in [0.15, 0.2) is 59.1 Å². The molecule has 1 amide bonds. The second-order valence-corrected chi connectivity index (χ2v) is 6.60. The first-order valence-corrected chi connectivity index (χ1v) is 8.33. The van der Waals surface area contributed by atoms with E-state index in [1.54, 1.807) is 0 Å². The van der Waals surface area contributed by atoms with Crippen molar-refractivity contribution in [3.8, 4) is 0 Å². The zero-order valence-electron chi connectivity index (χ0n) is 12.3. The maximum Gasteiger partial charge on any atom is 0.251 e. The summed E-state index contributed by atoms with van der Waals surface area (Å²) in [4.78, 5) is 14.6. The van der Waals surface area contributed by atoms with E-state index < -0.39 is 0 Å². The average molecular weight is 359 g/mol. The summed E-state index contributed by atoms with van der Waals surface area (Å²) in [6, 6.07) is 18.2. The lowest BCUT2D eigenvalue weighted by molar-refractivity contribution is 0.0937. The maximum atomic E-state index is 12.2. The fourth-order valence-electron chi connectivity index (χ4n) is 2.81. The molecular formula is C18H19BrN2O. The van der Waals surface area contributed by atoms with Crippen LogP contribution in [-0.2, 0) is 6.54 Å². The van der Waals surface area contributed by atoms with Gasteiger partial charge >= 0.3 is 0 Å². The normalized spacial score (nSPS) is 18.3. The lowest BCUT2D eigenvalue weighted by Crippen LogP contribution is -2.36. The first-order chi connectivity index (χ1) is 10.7. The summed E-state index contributed by atoms with van der Waals surface area (Å²) >= 11 is 3.38. The maximum absolute atomic E-state index is 12.2. The van der Waals surface area contributed by atoms with Gasteiger partial charge < -0.3 is 5.32 Å². The first kappa shape index (κ1) is 15.3. The molecule has 1 aliphatic heterocycles. The van der Waals surface area contributed by atoms with E-state index in [2.05, 4.69) is 50.4 Å². The Labute approximate surface area is 139 Å². The molecule has 0 radical (unpaired) electrons. The molecule has 1 saturated heterocycles. The predicted molar refractivity (Wildman–Crippen MR) is 91.7 cm³/mol. The Kier molecular flexibility index (Phi) is 4.90. The second-order valence-electron chi connectivity index (χ2n) is 5.69. The summed E-state index contributed by atoms with van der Waals surface area (Å²) in [7, 11) is 0. The number of amides is 1. The summed E-state index contributed by atoms with van der Waals surface area (Å²) in [6.45, 7) is 2.89. The molecule has 0 aromatic heterocycles. The molecule has 1 N–H and O–H groups in total. The van der Waals surface area contributed by atoms with Gasteiger partial charge in [0.15, 0.2) is 0 Å². The van der Waals surface area contributed by atoms with E-state index in [0.717, 1.165) is 30.5 Å². The third kappa shape index (κ3) is 3.96. The van der Waals surface area contributed by atoms with Crippen LogP contribution in [0.5, 0.6) is 0 Å². The van der Waals surface area contributed by atoms with Gasteiger partial charge in [-0.3, -0.25) is 9.69 Å². The third-order valence-corrected chi connectivity index (χ3v) is 4.49. The summed E-state index contributed by atoms with van der Waals surface area (Å²) in [6.07, 6.45) is 1.01. The van der Waals surface area contributed by atoms with E-state index in [1.807, 2.05) is 30.3 Å². The van der Waals surface area contributed by atoms with E-state index in [-0.39, 0.29) is 11.9 Å². The zero-order valence-corrected chi connectivity index (χ0v) is 13.9. The predicted octanol–water partition coefficient (Wildman–Crippen LogP) is 3.45. The minimum absolute atomic E-state index is 0.0130. The molecule has 1 aliphatic rings.